The molecule has 2 heterocycles. The summed E-state index contributed by atoms with van der Waals surface area (Å²) >= 11 is 0. The molecule has 3 aromatic rings. The molecule has 1 aromatic carbocycles. The standard InChI is InChI=1S/C13H12N4/c1-9-5-4-6-10(12(9)14)13-16-15-11-7-2-3-8-17(11)13/h2-8H,14H2,1H3. The molecule has 17 heavy (non-hydrogen) atoms. The van der Waals surface area contributed by atoms with E-state index in [1.165, 1.54) is 0 Å². The van der Waals surface area contributed by atoms with Crippen LogP contribution in [-0.4, -0.2) is 14.6 Å². The average Bonchev–Trinajstić information content (AvgIpc) is 2.77. The smallest absolute Gasteiger partial charge is 0.170 e. The second kappa shape index (κ2) is 3.59. The van der Waals surface area contributed by atoms with Crippen LogP contribution in [-0.2, 0) is 0 Å². The minimum absolute atomic E-state index is 0.755. The second-order valence-electron chi connectivity index (χ2n) is 3.99. The number of aryl methyl sites for hydroxylation is 1. The lowest BCUT2D eigenvalue weighted by Crippen LogP contribution is -1.96. The third-order valence-electron chi connectivity index (χ3n) is 2.88. The number of rotatable bonds is 1. The largest absolute Gasteiger partial charge is 0.398 e. The maximum atomic E-state index is 6.08. The van der Waals surface area contributed by atoms with Crippen molar-refractivity contribution in [2.75, 3.05) is 5.73 Å². The van der Waals surface area contributed by atoms with E-state index in [1.54, 1.807) is 0 Å². The lowest BCUT2D eigenvalue weighted by molar-refractivity contribution is 1.11. The second-order valence-corrected chi connectivity index (χ2v) is 3.99. The highest BCUT2D eigenvalue weighted by atomic mass is 15.2. The van der Waals surface area contributed by atoms with Gasteiger partial charge in [-0.2, -0.15) is 0 Å². The molecule has 0 aliphatic heterocycles. The van der Waals surface area contributed by atoms with Crippen LogP contribution in [0.4, 0.5) is 5.69 Å². The Bertz CT molecular complexity index is 685. The number of fused-ring (bicyclic) bond motifs is 1. The molecular weight excluding hydrogens is 212 g/mol. The molecule has 2 N–H and O–H groups in total. The third-order valence-corrected chi connectivity index (χ3v) is 2.88. The van der Waals surface area contributed by atoms with Crippen LogP contribution in [0.1, 0.15) is 5.56 Å². The van der Waals surface area contributed by atoms with E-state index in [9.17, 15) is 0 Å². The zero-order valence-electron chi connectivity index (χ0n) is 9.46. The lowest BCUT2D eigenvalue weighted by Gasteiger charge is -2.06. The number of anilines is 1. The first-order valence-electron chi connectivity index (χ1n) is 5.42. The van der Waals surface area contributed by atoms with Gasteiger partial charge in [-0.15, -0.1) is 10.2 Å². The van der Waals surface area contributed by atoms with Gasteiger partial charge in [-0.05, 0) is 30.7 Å². The maximum Gasteiger partial charge on any atom is 0.170 e. The van der Waals surface area contributed by atoms with Crippen LogP contribution < -0.4 is 5.73 Å². The van der Waals surface area contributed by atoms with Crippen LogP contribution in [0.3, 0.4) is 0 Å². The Morgan fingerprint density at radius 1 is 1.06 bits per heavy atom. The van der Waals surface area contributed by atoms with Gasteiger partial charge < -0.3 is 5.73 Å². The molecule has 0 spiro atoms. The van der Waals surface area contributed by atoms with E-state index in [2.05, 4.69) is 10.2 Å². The molecule has 0 saturated carbocycles. The first kappa shape index (κ1) is 9.84. The fourth-order valence-corrected chi connectivity index (χ4v) is 1.90. The molecule has 84 valence electrons. The highest BCUT2D eigenvalue weighted by Gasteiger charge is 2.11. The summed E-state index contributed by atoms with van der Waals surface area (Å²) in [4.78, 5) is 0. The molecule has 0 amide bonds. The number of nitrogen functional groups attached to an aromatic ring is 1. The third kappa shape index (κ3) is 1.45. The normalized spacial score (nSPS) is 10.9. The van der Waals surface area contributed by atoms with Crippen molar-refractivity contribution in [2.45, 2.75) is 6.92 Å². The van der Waals surface area contributed by atoms with Gasteiger partial charge in [0.2, 0.25) is 0 Å². The Morgan fingerprint density at radius 2 is 1.94 bits per heavy atom. The van der Waals surface area contributed by atoms with Crippen LogP contribution in [0, 0.1) is 6.92 Å². The molecule has 4 heteroatoms. The highest BCUT2D eigenvalue weighted by Crippen LogP contribution is 2.26. The Hall–Kier alpha value is -2.36. The molecule has 4 nitrogen and oxygen atoms in total. The van der Waals surface area contributed by atoms with Crippen molar-refractivity contribution in [1.29, 1.82) is 0 Å². The monoisotopic (exact) mass is 224 g/mol. The van der Waals surface area contributed by atoms with Crippen molar-refractivity contribution in [3.05, 3.63) is 48.2 Å². The average molecular weight is 224 g/mol. The first-order chi connectivity index (χ1) is 8.27. The van der Waals surface area contributed by atoms with Crippen LogP contribution in [0.2, 0.25) is 0 Å². The summed E-state index contributed by atoms with van der Waals surface area (Å²) in [6, 6.07) is 11.7. The fourth-order valence-electron chi connectivity index (χ4n) is 1.90. The van der Waals surface area contributed by atoms with Gasteiger partial charge in [-0.1, -0.05) is 18.2 Å². The van der Waals surface area contributed by atoms with Gasteiger partial charge >= 0.3 is 0 Å². The van der Waals surface area contributed by atoms with E-state index in [1.807, 2.05) is 53.9 Å². The summed E-state index contributed by atoms with van der Waals surface area (Å²) in [5, 5.41) is 8.32. The summed E-state index contributed by atoms with van der Waals surface area (Å²) in [6.07, 6.45) is 1.94. The number of hydrogen-bond acceptors (Lipinski definition) is 3. The minimum atomic E-state index is 0.755. The van der Waals surface area contributed by atoms with E-state index in [4.69, 9.17) is 5.73 Å². The quantitative estimate of drug-likeness (QED) is 0.645. The molecule has 0 aliphatic rings. The van der Waals surface area contributed by atoms with Crippen molar-refractivity contribution in [3.63, 3.8) is 0 Å². The molecule has 0 radical (unpaired) electrons. The molecule has 3 rings (SSSR count). The van der Waals surface area contributed by atoms with Gasteiger partial charge in [0.1, 0.15) is 0 Å². The van der Waals surface area contributed by atoms with E-state index in [0.717, 1.165) is 28.3 Å². The Balaban J connectivity index is 2.31. The lowest BCUT2D eigenvalue weighted by atomic mass is 10.1. The first-order valence-corrected chi connectivity index (χ1v) is 5.42. The minimum Gasteiger partial charge on any atom is -0.398 e. The van der Waals surface area contributed by atoms with Gasteiger partial charge in [0.05, 0.1) is 0 Å². The van der Waals surface area contributed by atoms with E-state index >= 15 is 0 Å². The summed E-state index contributed by atoms with van der Waals surface area (Å²) in [5.41, 5.74) is 9.63. The Kier molecular flexibility index (Phi) is 2.08. The summed E-state index contributed by atoms with van der Waals surface area (Å²) in [6.45, 7) is 1.99. The van der Waals surface area contributed by atoms with Crippen LogP contribution in [0.5, 0.6) is 0 Å². The Morgan fingerprint density at radius 3 is 2.82 bits per heavy atom. The summed E-state index contributed by atoms with van der Waals surface area (Å²) in [5.74, 6) is 0.779. The fraction of sp³-hybridized carbons (Fsp3) is 0.0769. The van der Waals surface area contributed by atoms with Crippen molar-refractivity contribution >= 4 is 11.3 Å². The van der Waals surface area contributed by atoms with Crippen molar-refractivity contribution in [1.82, 2.24) is 14.6 Å². The van der Waals surface area contributed by atoms with E-state index in [0.29, 0.717) is 0 Å². The highest BCUT2D eigenvalue weighted by molar-refractivity contribution is 5.75. The SMILES string of the molecule is Cc1cccc(-c2nnc3ccccn23)c1N. The number of pyridine rings is 1. The number of benzene rings is 1. The Labute approximate surface area is 98.7 Å². The predicted octanol–water partition coefficient (Wildman–Crippen LogP) is 2.29. The van der Waals surface area contributed by atoms with Gasteiger partial charge in [-0.25, -0.2) is 0 Å². The molecule has 0 saturated heterocycles. The molecule has 0 unspecified atom stereocenters. The number of aromatic nitrogens is 3. The molecule has 0 fully saturated rings. The number of para-hydroxylation sites is 1. The van der Waals surface area contributed by atoms with Gasteiger partial charge in [0, 0.05) is 17.4 Å². The number of nitrogens with two attached hydrogens (primary N) is 1. The molecular formula is C13H12N4. The van der Waals surface area contributed by atoms with Crippen LogP contribution in [0.15, 0.2) is 42.6 Å². The van der Waals surface area contributed by atoms with Crippen LogP contribution in [0.25, 0.3) is 17.0 Å². The zero-order chi connectivity index (χ0) is 11.8. The van der Waals surface area contributed by atoms with Crippen molar-refractivity contribution in [3.8, 4) is 11.4 Å². The molecule has 0 aliphatic carbocycles. The van der Waals surface area contributed by atoms with Gasteiger partial charge in [0.25, 0.3) is 0 Å². The summed E-state index contributed by atoms with van der Waals surface area (Å²) < 4.78 is 1.94. The van der Waals surface area contributed by atoms with E-state index in [-0.39, 0.29) is 0 Å². The van der Waals surface area contributed by atoms with Crippen LogP contribution >= 0.6 is 0 Å². The van der Waals surface area contributed by atoms with E-state index < -0.39 is 0 Å². The zero-order valence-corrected chi connectivity index (χ0v) is 9.46. The van der Waals surface area contributed by atoms with Gasteiger partial charge in [-0.3, -0.25) is 4.40 Å². The number of hydrogen-bond donors (Lipinski definition) is 1. The maximum absolute atomic E-state index is 6.08. The predicted molar refractivity (Wildman–Crippen MR) is 67.6 cm³/mol. The van der Waals surface area contributed by atoms with Crippen molar-refractivity contribution < 1.29 is 0 Å². The molecule has 2 aromatic heterocycles. The summed E-state index contributed by atoms with van der Waals surface area (Å²) in [7, 11) is 0. The molecule has 0 bridgehead atoms. The van der Waals surface area contributed by atoms with Crippen molar-refractivity contribution in [2.24, 2.45) is 0 Å². The van der Waals surface area contributed by atoms with Gasteiger partial charge in [0.15, 0.2) is 11.5 Å². The topological polar surface area (TPSA) is 56.2 Å². The molecule has 0 atom stereocenters. The number of nitrogens with zero attached hydrogens (tertiary/aromatic N) is 3.